The number of benzene rings is 1. The van der Waals surface area contributed by atoms with E-state index in [0.717, 1.165) is 44.7 Å². The number of nitrogens with one attached hydrogen (secondary N) is 2. The van der Waals surface area contributed by atoms with Crippen LogP contribution in [0.2, 0.25) is 10.0 Å². The third-order valence-electron chi connectivity index (χ3n) is 5.12. The average molecular weight is 371 g/mol. The molecule has 3 rings (SSSR count). The van der Waals surface area contributed by atoms with E-state index < -0.39 is 0 Å². The lowest BCUT2D eigenvalue weighted by Crippen LogP contribution is -3.16. The summed E-state index contributed by atoms with van der Waals surface area (Å²) in [5.74, 6) is 0.208. The molecular weight excluding hydrogens is 345 g/mol. The normalized spacial score (nSPS) is 20.2. The summed E-state index contributed by atoms with van der Waals surface area (Å²) in [4.78, 5) is 15.9. The van der Waals surface area contributed by atoms with Gasteiger partial charge in [0.1, 0.15) is 0 Å². The maximum atomic E-state index is 12.2. The van der Waals surface area contributed by atoms with Crippen LogP contribution in [0.1, 0.15) is 32.1 Å². The molecule has 1 aromatic rings. The van der Waals surface area contributed by atoms with E-state index in [1.165, 1.54) is 24.2 Å². The van der Waals surface area contributed by atoms with E-state index in [2.05, 4.69) is 10.2 Å². The van der Waals surface area contributed by atoms with Gasteiger partial charge in [0.05, 0.1) is 36.2 Å². The molecule has 1 amide bonds. The minimum atomic E-state index is 0.208. The van der Waals surface area contributed by atoms with Crippen molar-refractivity contribution in [2.24, 2.45) is 0 Å². The van der Waals surface area contributed by atoms with Crippen LogP contribution in [0.5, 0.6) is 0 Å². The van der Waals surface area contributed by atoms with Crippen LogP contribution in [0, 0.1) is 0 Å². The summed E-state index contributed by atoms with van der Waals surface area (Å²) in [5, 5.41) is 4.40. The van der Waals surface area contributed by atoms with Crippen molar-refractivity contribution in [1.29, 1.82) is 0 Å². The number of quaternary nitrogens is 1. The predicted molar refractivity (Wildman–Crippen MR) is 99.3 cm³/mol. The highest BCUT2D eigenvalue weighted by Gasteiger charge is 2.24. The van der Waals surface area contributed by atoms with Gasteiger partial charge < -0.3 is 15.1 Å². The molecule has 0 unspecified atom stereocenters. The number of amides is 1. The molecule has 0 spiro atoms. The van der Waals surface area contributed by atoms with Crippen molar-refractivity contribution in [1.82, 2.24) is 5.32 Å². The molecule has 0 aromatic heterocycles. The smallest absolute Gasteiger partial charge is 0.275 e. The Labute approximate surface area is 154 Å². The number of piperazine rings is 1. The third kappa shape index (κ3) is 4.78. The van der Waals surface area contributed by atoms with Gasteiger partial charge in [-0.2, -0.15) is 0 Å². The maximum Gasteiger partial charge on any atom is 0.275 e. The van der Waals surface area contributed by atoms with E-state index in [9.17, 15) is 4.79 Å². The molecule has 6 heteroatoms. The van der Waals surface area contributed by atoms with Crippen molar-refractivity contribution < 1.29 is 9.69 Å². The highest BCUT2D eigenvalue weighted by molar-refractivity contribution is 6.42. The molecule has 2 aliphatic rings. The highest BCUT2D eigenvalue weighted by atomic mass is 35.5. The molecular formula is C18H26Cl2N3O+. The van der Waals surface area contributed by atoms with Crippen LogP contribution in [0.15, 0.2) is 18.2 Å². The first-order valence-electron chi connectivity index (χ1n) is 8.95. The van der Waals surface area contributed by atoms with Gasteiger partial charge in [0.15, 0.2) is 6.54 Å². The van der Waals surface area contributed by atoms with Crippen LogP contribution >= 0.6 is 23.2 Å². The number of hydrogen-bond acceptors (Lipinski definition) is 2. The fourth-order valence-electron chi connectivity index (χ4n) is 3.69. The quantitative estimate of drug-likeness (QED) is 0.851. The van der Waals surface area contributed by atoms with Gasteiger partial charge in [-0.15, -0.1) is 0 Å². The van der Waals surface area contributed by atoms with E-state index in [1.54, 1.807) is 0 Å². The Balaban J connectivity index is 1.44. The van der Waals surface area contributed by atoms with Crippen LogP contribution < -0.4 is 15.1 Å². The standard InChI is InChI=1S/C18H25Cl2N3O/c19-16-7-6-15(12-17(16)20)23-10-8-22(9-11-23)13-18(24)21-14-4-2-1-3-5-14/h6-7,12,14H,1-5,8-11,13H2,(H,21,24)/p+1. The fraction of sp³-hybridized carbons (Fsp3) is 0.611. The van der Waals surface area contributed by atoms with Gasteiger partial charge >= 0.3 is 0 Å². The fourth-order valence-corrected chi connectivity index (χ4v) is 3.98. The molecule has 1 saturated heterocycles. The molecule has 1 aliphatic heterocycles. The molecule has 1 saturated carbocycles. The second kappa shape index (κ2) is 8.41. The van der Waals surface area contributed by atoms with Crippen molar-refractivity contribution in [2.45, 2.75) is 38.1 Å². The predicted octanol–water partition coefficient (Wildman–Crippen LogP) is 2.15. The second-order valence-corrected chi connectivity index (χ2v) is 7.73. The Kier molecular flexibility index (Phi) is 6.25. The molecule has 2 fully saturated rings. The van der Waals surface area contributed by atoms with Crippen molar-refractivity contribution in [3.63, 3.8) is 0 Å². The number of rotatable bonds is 4. The molecule has 1 heterocycles. The van der Waals surface area contributed by atoms with E-state index in [0.29, 0.717) is 22.6 Å². The lowest BCUT2D eigenvalue weighted by molar-refractivity contribution is -0.892. The van der Waals surface area contributed by atoms with Crippen molar-refractivity contribution in [3.8, 4) is 0 Å². The molecule has 2 N–H and O–H groups in total. The van der Waals surface area contributed by atoms with Gasteiger partial charge in [-0.3, -0.25) is 4.79 Å². The first kappa shape index (κ1) is 17.8. The zero-order valence-corrected chi connectivity index (χ0v) is 15.5. The van der Waals surface area contributed by atoms with Crippen molar-refractivity contribution in [3.05, 3.63) is 28.2 Å². The van der Waals surface area contributed by atoms with Gasteiger partial charge in [-0.05, 0) is 31.0 Å². The number of carbonyl (C=O) groups excluding carboxylic acids is 1. The molecule has 0 radical (unpaired) electrons. The Bertz CT molecular complexity index is 567. The van der Waals surface area contributed by atoms with Gasteiger partial charge in [-0.1, -0.05) is 42.5 Å². The van der Waals surface area contributed by atoms with Gasteiger partial charge in [0.25, 0.3) is 5.91 Å². The average Bonchev–Trinajstić information content (AvgIpc) is 2.59. The highest BCUT2D eigenvalue weighted by Crippen LogP contribution is 2.27. The Morgan fingerprint density at radius 2 is 1.83 bits per heavy atom. The lowest BCUT2D eigenvalue weighted by Gasteiger charge is -2.33. The number of hydrogen-bond donors (Lipinski definition) is 2. The maximum absolute atomic E-state index is 12.2. The van der Waals surface area contributed by atoms with Crippen LogP contribution in [0.3, 0.4) is 0 Å². The van der Waals surface area contributed by atoms with Crippen LogP contribution in [0.25, 0.3) is 0 Å². The van der Waals surface area contributed by atoms with Gasteiger partial charge in [0, 0.05) is 11.7 Å². The lowest BCUT2D eigenvalue weighted by atomic mass is 9.95. The van der Waals surface area contributed by atoms with E-state index in [-0.39, 0.29) is 5.91 Å². The Morgan fingerprint density at radius 1 is 1.12 bits per heavy atom. The van der Waals surface area contributed by atoms with E-state index in [4.69, 9.17) is 23.2 Å². The molecule has 1 aliphatic carbocycles. The van der Waals surface area contributed by atoms with Gasteiger partial charge in [-0.25, -0.2) is 0 Å². The largest absolute Gasteiger partial charge is 0.360 e. The molecule has 4 nitrogen and oxygen atoms in total. The van der Waals surface area contributed by atoms with Gasteiger partial charge in [0.2, 0.25) is 0 Å². The first-order chi connectivity index (χ1) is 11.6. The van der Waals surface area contributed by atoms with Crippen molar-refractivity contribution in [2.75, 3.05) is 37.6 Å². The molecule has 1 aromatic carbocycles. The summed E-state index contributed by atoms with van der Waals surface area (Å²) in [5.41, 5.74) is 1.11. The van der Waals surface area contributed by atoms with Crippen LogP contribution in [-0.4, -0.2) is 44.7 Å². The second-order valence-electron chi connectivity index (χ2n) is 6.91. The summed E-state index contributed by atoms with van der Waals surface area (Å²) in [7, 11) is 0. The third-order valence-corrected chi connectivity index (χ3v) is 5.86. The monoisotopic (exact) mass is 370 g/mol. The zero-order chi connectivity index (χ0) is 16.9. The Morgan fingerprint density at radius 3 is 2.50 bits per heavy atom. The first-order valence-corrected chi connectivity index (χ1v) is 9.70. The summed E-state index contributed by atoms with van der Waals surface area (Å²) >= 11 is 12.1. The Hall–Kier alpha value is -0.970. The van der Waals surface area contributed by atoms with E-state index >= 15 is 0 Å². The van der Waals surface area contributed by atoms with E-state index in [1.807, 2.05) is 18.2 Å². The number of nitrogens with zero attached hydrogens (tertiary/aromatic N) is 1. The topological polar surface area (TPSA) is 36.8 Å². The minimum absolute atomic E-state index is 0.208. The molecule has 24 heavy (non-hydrogen) atoms. The minimum Gasteiger partial charge on any atom is -0.360 e. The number of anilines is 1. The number of halogens is 2. The molecule has 132 valence electrons. The summed E-state index contributed by atoms with van der Waals surface area (Å²) < 4.78 is 0. The molecule has 0 bridgehead atoms. The summed E-state index contributed by atoms with van der Waals surface area (Å²) in [6, 6.07) is 6.18. The molecule has 0 atom stereocenters. The SMILES string of the molecule is O=C(C[NH+]1CCN(c2ccc(Cl)c(Cl)c2)CC1)NC1CCCCC1. The van der Waals surface area contributed by atoms with Crippen molar-refractivity contribution >= 4 is 34.8 Å². The van der Waals surface area contributed by atoms with Crippen LogP contribution in [0.4, 0.5) is 5.69 Å². The zero-order valence-electron chi connectivity index (χ0n) is 14.0. The van der Waals surface area contributed by atoms with Crippen LogP contribution in [-0.2, 0) is 4.79 Å². The number of carbonyl (C=O) groups is 1. The summed E-state index contributed by atoms with van der Waals surface area (Å²) in [6.07, 6.45) is 6.10. The summed E-state index contributed by atoms with van der Waals surface area (Å²) in [6.45, 7) is 4.40.